The van der Waals surface area contributed by atoms with E-state index >= 15 is 0 Å². The summed E-state index contributed by atoms with van der Waals surface area (Å²) in [6.45, 7) is 5.86. The molecule has 6 heteroatoms. The molecule has 2 atom stereocenters. The maximum Gasteiger partial charge on any atom is 0.401 e. The van der Waals surface area contributed by atoms with E-state index in [1.54, 1.807) is 0 Å². The third kappa shape index (κ3) is 3.69. The third-order valence-electron chi connectivity index (χ3n) is 2.72. The van der Waals surface area contributed by atoms with Gasteiger partial charge < -0.3 is 13.8 Å². The lowest BCUT2D eigenvalue weighted by Crippen LogP contribution is -2.45. The number of hydrogen-bond donors (Lipinski definition) is 1. The van der Waals surface area contributed by atoms with E-state index in [0.29, 0.717) is 0 Å². The molecule has 1 amide bonds. The van der Waals surface area contributed by atoms with Crippen molar-refractivity contribution in [3.63, 3.8) is 0 Å². The van der Waals surface area contributed by atoms with E-state index in [4.69, 9.17) is 4.12 Å². The Balaban J connectivity index is 2.88. The fourth-order valence-electron chi connectivity index (χ4n) is 1.85. The van der Waals surface area contributed by atoms with Gasteiger partial charge in [0, 0.05) is 0 Å². The molecule has 2 unspecified atom stereocenters. The van der Waals surface area contributed by atoms with Crippen LogP contribution in [0.5, 0.6) is 0 Å². The second-order valence-electron chi connectivity index (χ2n) is 3.83. The van der Waals surface area contributed by atoms with Gasteiger partial charge in [-0.1, -0.05) is 36.9 Å². The summed E-state index contributed by atoms with van der Waals surface area (Å²) in [7, 11) is -2.37. The van der Waals surface area contributed by atoms with Gasteiger partial charge in [-0.25, -0.2) is 4.79 Å². The topological polar surface area (TPSA) is 49.8 Å². The van der Waals surface area contributed by atoms with Gasteiger partial charge in [0.2, 0.25) is 0 Å². The predicted molar refractivity (Wildman–Crippen MR) is 73.2 cm³/mol. The summed E-state index contributed by atoms with van der Waals surface area (Å²) >= 11 is 0. The summed E-state index contributed by atoms with van der Waals surface area (Å²) in [6, 6.07) is 9.53. The highest BCUT2D eigenvalue weighted by Crippen LogP contribution is 2.21. The standard InChI is InChI=1S/C11H19NO3Si2/c1-9(10-7-5-4-6-8-10)12(11(13)14)17(3)15-16-2/h4-9,17H,16H2,1-3H3,(H,13,14). The Labute approximate surface area is 106 Å². The molecule has 94 valence electrons. The molecule has 0 spiro atoms. The van der Waals surface area contributed by atoms with Crippen molar-refractivity contribution in [2.45, 2.75) is 26.1 Å². The highest BCUT2D eigenvalue weighted by molar-refractivity contribution is 6.56. The molecule has 0 saturated carbocycles. The van der Waals surface area contributed by atoms with Crippen molar-refractivity contribution in [3.8, 4) is 0 Å². The van der Waals surface area contributed by atoms with Crippen molar-refractivity contribution < 1.29 is 14.0 Å². The van der Waals surface area contributed by atoms with E-state index in [-0.39, 0.29) is 6.04 Å². The zero-order valence-electron chi connectivity index (χ0n) is 10.5. The lowest BCUT2D eigenvalue weighted by atomic mass is 10.1. The van der Waals surface area contributed by atoms with Crippen LogP contribution in [0.1, 0.15) is 18.5 Å². The summed E-state index contributed by atoms with van der Waals surface area (Å²) in [5, 5.41) is 9.30. The summed E-state index contributed by atoms with van der Waals surface area (Å²) in [5.74, 6) is 0. The molecule has 0 radical (unpaired) electrons. The summed E-state index contributed by atoms with van der Waals surface area (Å²) in [6.07, 6.45) is -0.886. The van der Waals surface area contributed by atoms with Crippen molar-refractivity contribution >= 4 is 25.1 Å². The summed E-state index contributed by atoms with van der Waals surface area (Å²) < 4.78 is 7.12. The Kier molecular flexibility index (Phi) is 5.40. The number of carbonyl (C=O) groups is 1. The Morgan fingerprint density at radius 3 is 2.53 bits per heavy atom. The highest BCUT2D eigenvalue weighted by atomic mass is 28.4. The second-order valence-corrected chi connectivity index (χ2v) is 7.50. The molecule has 0 aromatic heterocycles. The summed E-state index contributed by atoms with van der Waals surface area (Å²) in [5.41, 5.74) is 1.01. The van der Waals surface area contributed by atoms with Gasteiger partial charge in [0.1, 0.15) is 9.76 Å². The van der Waals surface area contributed by atoms with Gasteiger partial charge in [-0.3, -0.25) is 0 Å². The molecular weight excluding hydrogens is 250 g/mol. The van der Waals surface area contributed by atoms with Gasteiger partial charge in [-0.2, -0.15) is 0 Å². The molecule has 0 fully saturated rings. The van der Waals surface area contributed by atoms with Crippen LogP contribution in [-0.4, -0.2) is 34.7 Å². The molecule has 0 saturated heterocycles. The minimum absolute atomic E-state index is 0.143. The van der Waals surface area contributed by atoms with E-state index in [0.717, 1.165) is 5.56 Å². The monoisotopic (exact) mass is 269 g/mol. The third-order valence-corrected chi connectivity index (χ3v) is 7.43. The number of benzene rings is 1. The van der Waals surface area contributed by atoms with Gasteiger partial charge in [0.25, 0.3) is 9.20 Å². The second kappa shape index (κ2) is 6.58. The van der Waals surface area contributed by atoms with Crippen LogP contribution in [0.25, 0.3) is 0 Å². The predicted octanol–water partition coefficient (Wildman–Crippen LogP) is 1.73. The van der Waals surface area contributed by atoms with Crippen molar-refractivity contribution in [1.29, 1.82) is 0 Å². The zero-order chi connectivity index (χ0) is 12.8. The van der Waals surface area contributed by atoms with Gasteiger partial charge in [-0.15, -0.1) is 0 Å². The Hall–Kier alpha value is -1.12. The quantitative estimate of drug-likeness (QED) is 0.828. The van der Waals surface area contributed by atoms with E-state index in [1.165, 1.54) is 4.57 Å². The van der Waals surface area contributed by atoms with Crippen LogP contribution in [0.15, 0.2) is 30.3 Å². The van der Waals surface area contributed by atoms with E-state index in [1.807, 2.05) is 50.3 Å². The molecule has 0 aliphatic carbocycles. The molecule has 1 rings (SSSR count). The first kappa shape index (κ1) is 13.9. The van der Waals surface area contributed by atoms with Crippen LogP contribution >= 0.6 is 0 Å². The first-order chi connectivity index (χ1) is 8.07. The molecule has 1 aromatic rings. The van der Waals surface area contributed by atoms with Gasteiger partial charge in [0.05, 0.1) is 6.04 Å². The number of carboxylic acid groups (broad SMARTS) is 1. The average Bonchev–Trinajstić information content (AvgIpc) is 2.30. The van der Waals surface area contributed by atoms with Crippen LogP contribution in [0.3, 0.4) is 0 Å². The SMILES string of the molecule is C[SiH2]O[SiH](C)N(C(=O)O)C(C)c1ccccc1. The molecular formula is C11H19NO3Si2. The molecule has 1 aromatic carbocycles. The largest absolute Gasteiger partial charge is 0.465 e. The maximum atomic E-state index is 11.3. The van der Waals surface area contributed by atoms with Crippen LogP contribution in [0, 0.1) is 0 Å². The Bertz CT molecular complexity index is 361. The molecule has 17 heavy (non-hydrogen) atoms. The van der Waals surface area contributed by atoms with Gasteiger partial charge in [-0.05, 0) is 19.0 Å². The number of amides is 1. The first-order valence-electron chi connectivity index (χ1n) is 5.75. The van der Waals surface area contributed by atoms with E-state index in [2.05, 4.69) is 0 Å². The van der Waals surface area contributed by atoms with Gasteiger partial charge >= 0.3 is 6.09 Å². The molecule has 0 bridgehead atoms. The minimum atomic E-state index is -1.81. The first-order valence-corrected chi connectivity index (χ1v) is 9.89. The van der Waals surface area contributed by atoms with Crippen LogP contribution < -0.4 is 0 Å². The number of rotatable bonds is 5. The van der Waals surface area contributed by atoms with E-state index in [9.17, 15) is 9.90 Å². The Morgan fingerprint density at radius 1 is 1.47 bits per heavy atom. The molecule has 0 aliphatic rings. The minimum Gasteiger partial charge on any atom is -0.465 e. The van der Waals surface area contributed by atoms with Crippen LogP contribution in [-0.2, 0) is 4.12 Å². The number of hydrogen-bond acceptors (Lipinski definition) is 2. The van der Waals surface area contributed by atoms with Crippen molar-refractivity contribution in [3.05, 3.63) is 35.9 Å². The lowest BCUT2D eigenvalue weighted by Gasteiger charge is -2.31. The van der Waals surface area contributed by atoms with Crippen molar-refractivity contribution in [2.75, 3.05) is 0 Å². The molecule has 0 aliphatic heterocycles. The fourth-order valence-corrected chi connectivity index (χ4v) is 5.53. The smallest absolute Gasteiger partial charge is 0.401 e. The fraction of sp³-hybridized carbons (Fsp3) is 0.364. The van der Waals surface area contributed by atoms with Crippen molar-refractivity contribution in [2.24, 2.45) is 0 Å². The summed E-state index contributed by atoms with van der Waals surface area (Å²) in [4.78, 5) is 11.3. The van der Waals surface area contributed by atoms with Crippen LogP contribution in [0.4, 0.5) is 4.79 Å². The number of nitrogens with zero attached hydrogens (tertiary/aromatic N) is 1. The molecule has 1 N–H and O–H groups in total. The van der Waals surface area contributed by atoms with Gasteiger partial charge in [0.15, 0.2) is 0 Å². The molecule has 0 heterocycles. The normalized spacial score (nSPS) is 14.8. The molecule has 4 nitrogen and oxygen atoms in total. The lowest BCUT2D eigenvalue weighted by molar-refractivity contribution is 0.157. The maximum absolute atomic E-state index is 11.3. The zero-order valence-corrected chi connectivity index (χ0v) is 13.0. The highest BCUT2D eigenvalue weighted by Gasteiger charge is 2.27. The average molecular weight is 269 g/mol. The van der Waals surface area contributed by atoms with Crippen molar-refractivity contribution in [1.82, 2.24) is 4.57 Å². The van der Waals surface area contributed by atoms with E-state index < -0.39 is 25.1 Å². The van der Waals surface area contributed by atoms with Crippen LogP contribution in [0.2, 0.25) is 13.1 Å². The Morgan fingerprint density at radius 2 is 2.06 bits per heavy atom.